The van der Waals surface area contributed by atoms with Crippen molar-refractivity contribution in [2.75, 3.05) is 0 Å². The number of ketones is 2. The van der Waals surface area contributed by atoms with Gasteiger partial charge in [-0.1, -0.05) is 30.3 Å². The summed E-state index contributed by atoms with van der Waals surface area (Å²) in [4.78, 5) is 25.5. The van der Waals surface area contributed by atoms with Crippen molar-refractivity contribution in [2.24, 2.45) is 29.1 Å². The van der Waals surface area contributed by atoms with Gasteiger partial charge >= 0.3 is 0 Å². The van der Waals surface area contributed by atoms with E-state index in [0.717, 1.165) is 37.0 Å². The largest absolute Gasteiger partial charge is 0.299 e. The first kappa shape index (κ1) is 14.2. The van der Waals surface area contributed by atoms with Gasteiger partial charge in [0.2, 0.25) is 0 Å². The van der Waals surface area contributed by atoms with Gasteiger partial charge in [-0.2, -0.15) is 0 Å². The first-order chi connectivity index (χ1) is 10.6. The second kappa shape index (κ2) is 5.04. The van der Waals surface area contributed by atoms with Crippen LogP contribution in [0, 0.1) is 29.1 Å². The van der Waals surface area contributed by atoms with Crippen molar-refractivity contribution < 1.29 is 9.59 Å². The Labute approximate surface area is 132 Å². The number of hydrogen-bond acceptors (Lipinski definition) is 2. The molecule has 1 aromatic carbocycles. The van der Waals surface area contributed by atoms with Gasteiger partial charge in [-0.15, -0.1) is 0 Å². The van der Waals surface area contributed by atoms with Gasteiger partial charge in [0.15, 0.2) is 5.78 Å². The Hall–Kier alpha value is -1.44. The number of carbonyl (C=O) groups is 2. The van der Waals surface area contributed by atoms with Gasteiger partial charge in [-0.05, 0) is 68.6 Å². The first-order valence-electron chi connectivity index (χ1n) is 8.67. The SMILES string of the molecule is CC(=O)C(C(=O)c1ccccc1)C12CC3CC(CC(C3)C1)C2. The summed E-state index contributed by atoms with van der Waals surface area (Å²) >= 11 is 0. The Bertz CT molecular complexity index is 566. The topological polar surface area (TPSA) is 34.1 Å². The molecule has 0 aliphatic heterocycles. The Balaban J connectivity index is 1.71. The zero-order chi connectivity index (χ0) is 15.3. The number of Topliss-reactive ketones (excluding diaryl/α,β-unsaturated/α-hetero) is 2. The van der Waals surface area contributed by atoms with Crippen molar-refractivity contribution in [3.05, 3.63) is 35.9 Å². The van der Waals surface area contributed by atoms with E-state index in [0.29, 0.717) is 5.56 Å². The zero-order valence-electron chi connectivity index (χ0n) is 13.3. The third-order valence-electron chi connectivity index (χ3n) is 6.42. The highest BCUT2D eigenvalue weighted by Gasteiger charge is 2.57. The molecular formula is C20H24O2. The average Bonchev–Trinajstić information content (AvgIpc) is 2.46. The van der Waals surface area contributed by atoms with Crippen molar-refractivity contribution in [1.29, 1.82) is 0 Å². The molecule has 0 heterocycles. The molecule has 4 fully saturated rings. The molecule has 4 aliphatic carbocycles. The molecule has 1 atom stereocenters. The Morgan fingerprint density at radius 1 is 0.955 bits per heavy atom. The number of benzene rings is 1. The van der Waals surface area contributed by atoms with Gasteiger partial charge in [-0.3, -0.25) is 9.59 Å². The van der Waals surface area contributed by atoms with E-state index >= 15 is 0 Å². The summed E-state index contributed by atoms with van der Waals surface area (Å²) < 4.78 is 0. The van der Waals surface area contributed by atoms with E-state index in [9.17, 15) is 9.59 Å². The fourth-order valence-corrected chi connectivity index (χ4v) is 6.19. The van der Waals surface area contributed by atoms with Crippen molar-refractivity contribution in [3.8, 4) is 0 Å². The lowest BCUT2D eigenvalue weighted by atomic mass is 9.45. The molecule has 22 heavy (non-hydrogen) atoms. The normalized spacial score (nSPS) is 37.0. The molecule has 5 rings (SSSR count). The van der Waals surface area contributed by atoms with E-state index in [2.05, 4.69) is 0 Å². The fourth-order valence-electron chi connectivity index (χ4n) is 6.19. The highest BCUT2D eigenvalue weighted by Crippen LogP contribution is 2.63. The van der Waals surface area contributed by atoms with Crippen LogP contribution >= 0.6 is 0 Å². The maximum Gasteiger partial charge on any atom is 0.173 e. The molecule has 4 aliphatic rings. The molecule has 0 aromatic heterocycles. The molecular weight excluding hydrogens is 272 g/mol. The summed E-state index contributed by atoms with van der Waals surface area (Å²) in [5.41, 5.74) is 0.673. The lowest BCUT2D eigenvalue weighted by Gasteiger charge is -2.58. The van der Waals surface area contributed by atoms with Crippen LogP contribution in [0.25, 0.3) is 0 Å². The summed E-state index contributed by atoms with van der Waals surface area (Å²) in [6.45, 7) is 1.63. The Morgan fingerprint density at radius 2 is 1.45 bits per heavy atom. The maximum absolute atomic E-state index is 13.1. The molecule has 4 saturated carbocycles. The van der Waals surface area contributed by atoms with Crippen LogP contribution < -0.4 is 0 Å². The number of hydrogen-bond donors (Lipinski definition) is 0. The maximum atomic E-state index is 13.1. The predicted molar refractivity (Wildman–Crippen MR) is 85.5 cm³/mol. The minimum Gasteiger partial charge on any atom is -0.299 e. The summed E-state index contributed by atoms with van der Waals surface area (Å²) in [5.74, 6) is 2.01. The summed E-state index contributed by atoms with van der Waals surface area (Å²) in [7, 11) is 0. The van der Waals surface area contributed by atoms with Crippen LogP contribution in [-0.4, -0.2) is 11.6 Å². The zero-order valence-corrected chi connectivity index (χ0v) is 13.3. The van der Waals surface area contributed by atoms with Gasteiger partial charge in [-0.25, -0.2) is 0 Å². The van der Waals surface area contributed by atoms with Crippen LogP contribution in [0.5, 0.6) is 0 Å². The minimum absolute atomic E-state index is 0.0342. The molecule has 1 aromatic rings. The average molecular weight is 296 g/mol. The minimum atomic E-state index is -0.414. The van der Waals surface area contributed by atoms with Gasteiger partial charge in [0.25, 0.3) is 0 Å². The molecule has 0 saturated heterocycles. The smallest absolute Gasteiger partial charge is 0.173 e. The van der Waals surface area contributed by atoms with Crippen molar-refractivity contribution in [3.63, 3.8) is 0 Å². The molecule has 2 heteroatoms. The van der Waals surface area contributed by atoms with E-state index in [-0.39, 0.29) is 17.0 Å². The Morgan fingerprint density at radius 3 is 1.91 bits per heavy atom. The molecule has 0 spiro atoms. The quantitative estimate of drug-likeness (QED) is 0.613. The molecule has 2 nitrogen and oxygen atoms in total. The van der Waals surface area contributed by atoms with E-state index < -0.39 is 5.92 Å². The molecule has 0 N–H and O–H groups in total. The predicted octanol–water partition coefficient (Wildman–Crippen LogP) is 4.29. The fraction of sp³-hybridized carbons (Fsp3) is 0.600. The highest BCUT2D eigenvalue weighted by atomic mass is 16.1. The Kier molecular flexibility index (Phi) is 3.25. The lowest BCUT2D eigenvalue weighted by Crippen LogP contribution is -2.53. The molecule has 116 valence electrons. The van der Waals surface area contributed by atoms with Crippen LogP contribution in [-0.2, 0) is 4.79 Å². The van der Waals surface area contributed by atoms with E-state index in [1.54, 1.807) is 6.92 Å². The lowest BCUT2D eigenvalue weighted by molar-refractivity contribution is -0.132. The van der Waals surface area contributed by atoms with Gasteiger partial charge < -0.3 is 0 Å². The molecule has 1 unspecified atom stereocenters. The highest BCUT2D eigenvalue weighted by molar-refractivity contribution is 6.10. The third kappa shape index (κ3) is 2.15. The third-order valence-corrected chi connectivity index (χ3v) is 6.42. The van der Waals surface area contributed by atoms with Crippen LogP contribution in [0.15, 0.2) is 30.3 Å². The molecule has 0 amide bonds. The van der Waals surface area contributed by atoms with Gasteiger partial charge in [0.1, 0.15) is 5.78 Å². The molecule has 4 bridgehead atoms. The number of rotatable bonds is 4. The van der Waals surface area contributed by atoms with Crippen LogP contribution in [0.1, 0.15) is 55.8 Å². The van der Waals surface area contributed by atoms with Crippen molar-refractivity contribution >= 4 is 11.6 Å². The van der Waals surface area contributed by atoms with E-state index in [1.807, 2.05) is 30.3 Å². The number of carbonyl (C=O) groups excluding carboxylic acids is 2. The van der Waals surface area contributed by atoms with Crippen molar-refractivity contribution in [1.82, 2.24) is 0 Å². The standard InChI is InChI=1S/C20H24O2/c1-13(21)18(19(22)17-5-3-2-4-6-17)20-10-14-7-15(11-20)9-16(8-14)12-20/h2-6,14-16,18H,7-12H2,1H3. The summed E-state index contributed by atoms with van der Waals surface area (Å²) in [6.07, 6.45) is 7.31. The summed E-state index contributed by atoms with van der Waals surface area (Å²) in [5, 5.41) is 0. The van der Waals surface area contributed by atoms with Crippen molar-refractivity contribution in [2.45, 2.75) is 45.4 Å². The second-order valence-corrected chi connectivity index (χ2v) is 8.05. The van der Waals surface area contributed by atoms with Gasteiger partial charge in [0, 0.05) is 5.56 Å². The van der Waals surface area contributed by atoms with E-state index in [1.165, 1.54) is 19.3 Å². The monoisotopic (exact) mass is 296 g/mol. The molecule has 0 radical (unpaired) electrons. The van der Waals surface area contributed by atoms with Crippen LogP contribution in [0.2, 0.25) is 0 Å². The second-order valence-electron chi connectivity index (χ2n) is 8.05. The first-order valence-corrected chi connectivity index (χ1v) is 8.67. The van der Waals surface area contributed by atoms with Crippen LogP contribution in [0.3, 0.4) is 0 Å². The van der Waals surface area contributed by atoms with E-state index in [4.69, 9.17) is 0 Å². The summed E-state index contributed by atoms with van der Waals surface area (Å²) in [6, 6.07) is 9.43. The van der Waals surface area contributed by atoms with Crippen LogP contribution in [0.4, 0.5) is 0 Å². The van der Waals surface area contributed by atoms with Gasteiger partial charge in [0.05, 0.1) is 5.92 Å².